The van der Waals surface area contributed by atoms with E-state index in [2.05, 4.69) is 16.6 Å². The van der Waals surface area contributed by atoms with Gasteiger partial charge in [-0.05, 0) is 35.2 Å². The molecule has 0 bridgehead atoms. The van der Waals surface area contributed by atoms with Gasteiger partial charge < -0.3 is 15.2 Å². The van der Waals surface area contributed by atoms with E-state index in [1.165, 1.54) is 24.3 Å². The lowest BCUT2D eigenvalue weighted by Gasteiger charge is -2.12. The highest BCUT2D eigenvalue weighted by Crippen LogP contribution is 2.28. The molecular weight excluding hydrogens is 359 g/mol. The molecule has 0 aliphatic heterocycles. The van der Waals surface area contributed by atoms with E-state index in [0.717, 1.165) is 11.1 Å². The van der Waals surface area contributed by atoms with E-state index in [0.29, 0.717) is 12.1 Å². The van der Waals surface area contributed by atoms with Crippen LogP contribution in [0.25, 0.3) is 11.1 Å². The number of benzene rings is 2. The molecule has 27 heavy (non-hydrogen) atoms. The van der Waals surface area contributed by atoms with Gasteiger partial charge >= 0.3 is 6.36 Å². The molecule has 144 valence electrons. The zero-order valence-electron chi connectivity index (χ0n) is 14.5. The summed E-state index contributed by atoms with van der Waals surface area (Å²) in [5.74, 6) is -0.445. The Kier molecular flexibility index (Phi) is 7.01. The molecule has 0 radical (unpaired) electrons. The highest BCUT2D eigenvalue weighted by atomic mass is 19.4. The van der Waals surface area contributed by atoms with Gasteiger partial charge in [-0.2, -0.15) is 0 Å². The molecule has 2 rings (SSSR count). The van der Waals surface area contributed by atoms with Crippen LogP contribution < -0.4 is 10.1 Å². The van der Waals surface area contributed by atoms with Crippen LogP contribution in [0.4, 0.5) is 13.2 Å². The van der Waals surface area contributed by atoms with Crippen LogP contribution in [0.5, 0.6) is 5.75 Å². The molecule has 1 atom stereocenters. The van der Waals surface area contributed by atoms with Crippen LogP contribution in [0, 0.1) is 0 Å². The number of carbonyl (C=O) groups excluding carboxylic acids is 1. The van der Waals surface area contributed by atoms with E-state index >= 15 is 0 Å². The van der Waals surface area contributed by atoms with Crippen molar-refractivity contribution in [3.8, 4) is 16.9 Å². The van der Waals surface area contributed by atoms with Gasteiger partial charge in [0, 0.05) is 13.0 Å². The Morgan fingerprint density at radius 1 is 1.11 bits per heavy atom. The maximum atomic E-state index is 12.2. The molecule has 0 spiro atoms. The SMILES string of the molecule is C=CCNC(=O)CCC(O)c1ccc(-c2ccc(OC(F)(F)F)cc2)cc1. The van der Waals surface area contributed by atoms with Gasteiger partial charge in [0.1, 0.15) is 5.75 Å². The highest BCUT2D eigenvalue weighted by molar-refractivity contribution is 5.76. The molecule has 2 aromatic rings. The number of aliphatic hydroxyl groups is 1. The summed E-state index contributed by atoms with van der Waals surface area (Å²) in [5, 5.41) is 12.8. The van der Waals surface area contributed by atoms with Gasteiger partial charge in [-0.15, -0.1) is 19.8 Å². The summed E-state index contributed by atoms with van der Waals surface area (Å²) >= 11 is 0. The van der Waals surface area contributed by atoms with Crippen molar-refractivity contribution in [1.29, 1.82) is 0 Å². The molecule has 4 nitrogen and oxygen atoms in total. The second-order valence-corrected chi connectivity index (χ2v) is 5.84. The van der Waals surface area contributed by atoms with E-state index < -0.39 is 12.5 Å². The summed E-state index contributed by atoms with van der Waals surface area (Å²) in [6.45, 7) is 3.89. The average molecular weight is 379 g/mol. The van der Waals surface area contributed by atoms with Crippen molar-refractivity contribution in [2.45, 2.75) is 25.3 Å². The van der Waals surface area contributed by atoms with Gasteiger partial charge in [0.25, 0.3) is 0 Å². The molecule has 0 saturated carbocycles. The largest absolute Gasteiger partial charge is 0.573 e. The topological polar surface area (TPSA) is 58.6 Å². The van der Waals surface area contributed by atoms with Crippen LogP contribution in [0.1, 0.15) is 24.5 Å². The fraction of sp³-hybridized carbons (Fsp3) is 0.250. The standard InChI is InChI=1S/C20H20F3NO3/c1-2-13-24-19(26)12-11-18(25)16-5-3-14(4-6-16)15-7-9-17(10-8-15)27-20(21,22)23/h2-10,18,25H,1,11-13H2,(H,24,26). The van der Waals surface area contributed by atoms with Crippen molar-refractivity contribution < 1.29 is 27.8 Å². The fourth-order valence-electron chi connectivity index (χ4n) is 2.46. The number of ether oxygens (including phenoxy) is 1. The number of nitrogens with one attached hydrogen (secondary N) is 1. The van der Waals surface area contributed by atoms with E-state index in [1.54, 1.807) is 30.3 Å². The summed E-state index contributed by atoms with van der Waals surface area (Å²) in [6.07, 6.45) is -3.45. The van der Waals surface area contributed by atoms with E-state index in [9.17, 15) is 23.1 Å². The van der Waals surface area contributed by atoms with Crippen molar-refractivity contribution in [2.24, 2.45) is 0 Å². The first-order valence-corrected chi connectivity index (χ1v) is 8.30. The highest BCUT2D eigenvalue weighted by Gasteiger charge is 2.30. The molecule has 0 heterocycles. The molecule has 7 heteroatoms. The van der Waals surface area contributed by atoms with Gasteiger partial charge in [0.05, 0.1) is 6.10 Å². The third-order valence-electron chi connectivity index (χ3n) is 3.81. The number of hydrogen-bond donors (Lipinski definition) is 2. The predicted molar refractivity (Wildman–Crippen MR) is 96.0 cm³/mol. The van der Waals surface area contributed by atoms with E-state index in [1.807, 2.05) is 0 Å². The number of aliphatic hydroxyl groups excluding tert-OH is 1. The van der Waals surface area contributed by atoms with Crippen LogP contribution in [0.15, 0.2) is 61.2 Å². The molecule has 1 unspecified atom stereocenters. The Balaban J connectivity index is 1.96. The van der Waals surface area contributed by atoms with Gasteiger partial charge in [-0.25, -0.2) is 0 Å². The van der Waals surface area contributed by atoms with E-state index in [4.69, 9.17) is 0 Å². The van der Waals surface area contributed by atoms with Gasteiger partial charge in [-0.1, -0.05) is 42.5 Å². The summed E-state index contributed by atoms with van der Waals surface area (Å²) in [4.78, 5) is 11.5. The lowest BCUT2D eigenvalue weighted by molar-refractivity contribution is -0.274. The number of hydrogen-bond acceptors (Lipinski definition) is 3. The normalized spacial score (nSPS) is 12.3. The average Bonchev–Trinajstić information content (AvgIpc) is 2.64. The smallest absolute Gasteiger partial charge is 0.406 e. The Morgan fingerprint density at radius 2 is 1.67 bits per heavy atom. The molecule has 0 aromatic heterocycles. The first-order chi connectivity index (χ1) is 12.8. The molecule has 0 aliphatic carbocycles. The van der Waals surface area contributed by atoms with Crippen LogP contribution in [0.3, 0.4) is 0 Å². The maximum absolute atomic E-state index is 12.2. The van der Waals surface area contributed by atoms with Gasteiger partial charge in [0.2, 0.25) is 5.91 Å². The van der Waals surface area contributed by atoms with Crippen molar-refractivity contribution in [3.05, 3.63) is 66.7 Å². The van der Waals surface area contributed by atoms with Crippen molar-refractivity contribution >= 4 is 5.91 Å². The van der Waals surface area contributed by atoms with Crippen LogP contribution in [0.2, 0.25) is 0 Å². The maximum Gasteiger partial charge on any atom is 0.573 e. The first kappa shape index (κ1) is 20.5. The Labute approximate surface area is 155 Å². The van der Waals surface area contributed by atoms with E-state index in [-0.39, 0.29) is 24.5 Å². The number of alkyl halides is 3. The van der Waals surface area contributed by atoms with Crippen LogP contribution in [-0.2, 0) is 4.79 Å². The Morgan fingerprint density at radius 3 is 2.19 bits per heavy atom. The summed E-state index contributed by atoms with van der Waals surface area (Å²) in [5.41, 5.74) is 2.16. The summed E-state index contributed by atoms with van der Waals surface area (Å²) in [6, 6.07) is 12.5. The zero-order chi connectivity index (χ0) is 19.9. The number of carbonyl (C=O) groups is 1. The fourth-order valence-corrected chi connectivity index (χ4v) is 2.46. The lowest BCUT2D eigenvalue weighted by atomic mass is 10.00. The second-order valence-electron chi connectivity index (χ2n) is 5.84. The zero-order valence-corrected chi connectivity index (χ0v) is 14.5. The number of rotatable bonds is 8. The van der Waals surface area contributed by atoms with Crippen LogP contribution >= 0.6 is 0 Å². The molecule has 2 N–H and O–H groups in total. The minimum Gasteiger partial charge on any atom is -0.406 e. The minimum atomic E-state index is -4.72. The van der Waals surface area contributed by atoms with Crippen molar-refractivity contribution in [2.75, 3.05) is 6.54 Å². The molecule has 0 aliphatic rings. The third-order valence-corrected chi connectivity index (χ3v) is 3.81. The lowest BCUT2D eigenvalue weighted by Crippen LogP contribution is -2.23. The molecule has 2 aromatic carbocycles. The van der Waals surface area contributed by atoms with Gasteiger partial charge in [-0.3, -0.25) is 4.79 Å². The van der Waals surface area contributed by atoms with Crippen LogP contribution in [-0.4, -0.2) is 23.9 Å². The molecular formula is C20H20F3NO3. The van der Waals surface area contributed by atoms with Crippen molar-refractivity contribution in [1.82, 2.24) is 5.32 Å². The third kappa shape index (κ3) is 6.79. The monoisotopic (exact) mass is 379 g/mol. The molecule has 0 fully saturated rings. The van der Waals surface area contributed by atoms with Crippen molar-refractivity contribution in [3.63, 3.8) is 0 Å². The number of halogens is 3. The first-order valence-electron chi connectivity index (χ1n) is 8.30. The quantitative estimate of drug-likeness (QED) is 0.670. The predicted octanol–water partition coefficient (Wildman–Crippen LogP) is 4.37. The summed E-state index contributed by atoms with van der Waals surface area (Å²) in [7, 11) is 0. The van der Waals surface area contributed by atoms with Gasteiger partial charge in [0.15, 0.2) is 0 Å². The summed E-state index contributed by atoms with van der Waals surface area (Å²) < 4.78 is 40.4. The molecule has 1 amide bonds. The Hall–Kier alpha value is -2.80. The Bertz CT molecular complexity index is 756. The molecule has 0 saturated heterocycles. The minimum absolute atomic E-state index is 0.160. The second kappa shape index (κ2) is 9.23. The number of amides is 1.